The molecule has 0 aromatic heterocycles. The van der Waals surface area contributed by atoms with E-state index in [-0.39, 0.29) is 10.6 Å². The van der Waals surface area contributed by atoms with Crippen LogP contribution in [-0.2, 0) is 11.2 Å². The summed E-state index contributed by atoms with van der Waals surface area (Å²) < 4.78 is 11.2. The Morgan fingerprint density at radius 3 is 2.57 bits per heavy atom. The largest absolute Gasteiger partial charge is 0.612 e. The average molecular weight is 233 g/mol. The molecule has 0 spiro atoms. The van der Waals surface area contributed by atoms with E-state index in [0.29, 0.717) is 10.5 Å². The van der Waals surface area contributed by atoms with Gasteiger partial charge < -0.3 is 9.66 Å². The summed E-state index contributed by atoms with van der Waals surface area (Å²) >= 11 is 4.68. The summed E-state index contributed by atoms with van der Waals surface area (Å²) in [5, 5.41) is 9.05. The zero-order chi connectivity index (χ0) is 10.9. The highest BCUT2D eigenvalue weighted by Crippen LogP contribution is 2.27. The molecule has 3 nitrogen and oxygen atoms in total. The predicted molar refractivity (Wildman–Crippen MR) is 55.5 cm³/mol. The molecule has 0 fully saturated rings. The molecule has 0 aliphatic rings. The van der Waals surface area contributed by atoms with Crippen molar-refractivity contribution in [3.8, 4) is 0 Å². The third kappa shape index (κ3) is 2.03. The highest BCUT2D eigenvalue weighted by Gasteiger charge is 2.17. The molecule has 0 amide bonds. The summed E-state index contributed by atoms with van der Waals surface area (Å²) in [6.45, 7) is 1.60. The molecule has 1 rings (SSSR count). The molecule has 0 aliphatic heterocycles. The van der Waals surface area contributed by atoms with Crippen LogP contribution < -0.4 is 0 Å². The maximum absolute atomic E-state index is 11.2. The van der Waals surface area contributed by atoms with Crippen LogP contribution in [0.1, 0.15) is 15.9 Å². The van der Waals surface area contributed by atoms with Gasteiger partial charge in [0.1, 0.15) is 6.26 Å². The number of hydrogen-bond acceptors (Lipinski definition) is 2. The maximum Gasteiger partial charge on any atom is 0.336 e. The van der Waals surface area contributed by atoms with Crippen LogP contribution >= 0.6 is 11.6 Å². The average Bonchev–Trinajstić information content (AvgIpc) is 2.08. The van der Waals surface area contributed by atoms with E-state index in [1.807, 2.05) is 0 Å². The van der Waals surface area contributed by atoms with Gasteiger partial charge in [-0.05, 0) is 35.8 Å². The van der Waals surface area contributed by atoms with Crippen LogP contribution in [0.25, 0.3) is 0 Å². The summed E-state index contributed by atoms with van der Waals surface area (Å²) in [6, 6.07) is 2.90. The highest BCUT2D eigenvalue weighted by molar-refractivity contribution is 7.90. The summed E-state index contributed by atoms with van der Waals surface area (Å²) in [4.78, 5) is 11.2. The molecule has 0 saturated carbocycles. The molecule has 1 atom stereocenters. The molecule has 0 heterocycles. The minimum Gasteiger partial charge on any atom is -0.612 e. The Kier molecular flexibility index (Phi) is 3.42. The van der Waals surface area contributed by atoms with Gasteiger partial charge in [-0.15, -0.1) is 0 Å². The molecule has 14 heavy (non-hydrogen) atoms. The van der Waals surface area contributed by atoms with Gasteiger partial charge in [-0.1, -0.05) is 11.6 Å². The van der Waals surface area contributed by atoms with Crippen molar-refractivity contribution in [3.63, 3.8) is 0 Å². The van der Waals surface area contributed by atoms with Gasteiger partial charge in [0.2, 0.25) is 0 Å². The first-order valence-corrected chi connectivity index (χ1v) is 5.74. The van der Waals surface area contributed by atoms with Crippen LogP contribution in [0.4, 0.5) is 0 Å². The van der Waals surface area contributed by atoms with Gasteiger partial charge >= 0.3 is 5.97 Å². The predicted octanol–water partition coefficient (Wildman–Crippen LogP) is 2.08. The van der Waals surface area contributed by atoms with Gasteiger partial charge in [0.25, 0.3) is 0 Å². The number of carboxylic acids is 1. The fourth-order valence-corrected chi connectivity index (χ4v) is 2.27. The molecule has 1 aromatic rings. The van der Waals surface area contributed by atoms with Crippen molar-refractivity contribution in [2.75, 3.05) is 6.26 Å². The number of aromatic carboxylic acids is 1. The fourth-order valence-electron chi connectivity index (χ4n) is 1.11. The standard InChI is InChI=1S/C9H9ClO3S/c1-5-6(9(11)12)3-4-7(8(5)10)14(2)13/h3-4H,1-2H3,(H,11,12). The molecular weight excluding hydrogens is 224 g/mol. The van der Waals surface area contributed by atoms with Crippen molar-refractivity contribution in [1.82, 2.24) is 0 Å². The van der Waals surface area contributed by atoms with Gasteiger partial charge in [0.05, 0.1) is 10.6 Å². The molecule has 76 valence electrons. The lowest BCUT2D eigenvalue weighted by atomic mass is 10.1. The van der Waals surface area contributed by atoms with Crippen LogP contribution in [0.2, 0.25) is 5.02 Å². The zero-order valence-electron chi connectivity index (χ0n) is 7.70. The smallest absolute Gasteiger partial charge is 0.336 e. The van der Waals surface area contributed by atoms with E-state index in [2.05, 4.69) is 0 Å². The second kappa shape index (κ2) is 4.21. The third-order valence-electron chi connectivity index (χ3n) is 1.89. The maximum atomic E-state index is 11.2. The second-order valence-electron chi connectivity index (χ2n) is 2.81. The molecule has 0 bridgehead atoms. The van der Waals surface area contributed by atoms with Gasteiger partial charge in [0.15, 0.2) is 4.90 Å². The van der Waals surface area contributed by atoms with Crippen LogP contribution in [0, 0.1) is 6.92 Å². The molecular formula is C9H9ClO3S. The zero-order valence-corrected chi connectivity index (χ0v) is 9.28. The van der Waals surface area contributed by atoms with E-state index >= 15 is 0 Å². The molecule has 0 radical (unpaired) electrons. The number of hydrogen-bond donors (Lipinski definition) is 1. The lowest BCUT2D eigenvalue weighted by Gasteiger charge is -2.09. The first-order valence-electron chi connectivity index (χ1n) is 3.81. The molecule has 0 aliphatic carbocycles. The molecule has 1 N–H and O–H groups in total. The summed E-state index contributed by atoms with van der Waals surface area (Å²) in [6.07, 6.45) is 1.50. The Morgan fingerprint density at radius 1 is 1.57 bits per heavy atom. The number of rotatable bonds is 2. The number of benzene rings is 1. The summed E-state index contributed by atoms with van der Waals surface area (Å²) in [5.41, 5.74) is 0.594. The van der Waals surface area contributed by atoms with Crippen LogP contribution in [0.5, 0.6) is 0 Å². The number of halogens is 1. The summed E-state index contributed by atoms with van der Waals surface area (Å²) in [5.74, 6) is -1.03. The molecule has 1 unspecified atom stereocenters. The van der Waals surface area contributed by atoms with Crippen LogP contribution in [0.3, 0.4) is 0 Å². The van der Waals surface area contributed by atoms with Gasteiger partial charge in [-0.2, -0.15) is 0 Å². The first kappa shape index (κ1) is 11.4. The Hall–Kier alpha value is -0.710. The summed E-state index contributed by atoms with van der Waals surface area (Å²) in [7, 11) is 0. The topological polar surface area (TPSA) is 60.4 Å². The van der Waals surface area contributed by atoms with E-state index in [0.717, 1.165) is 0 Å². The molecule has 0 saturated heterocycles. The normalized spacial score (nSPS) is 12.6. The van der Waals surface area contributed by atoms with Gasteiger partial charge in [-0.25, -0.2) is 4.79 Å². The monoisotopic (exact) mass is 232 g/mol. The molecule has 5 heteroatoms. The quantitative estimate of drug-likeness (QED) is 0.795. The highest BCUT2D eigenvalue weighted by atomic mass is 35.5. The van der Waals surface area contributed by atoms with Crippen LogP contribution in [-0.4, -0.2) is 21.9 Å². The van der Waals surface area contributed by atoms with E-state index in [1.54, 1.807) is 6.92 Å². The third-order valence-corrected chi connectivity index (χ3v) is 3.45. The number of carbonyl (C=O) groups is 1. The van der Waals surface area contributed by atoms with Gasteiger partial charge in [-0.3, -0.25) is 0 Å². The lowest BCUT2D eigenvalue weighted by molar-refractivity contribution is 0.0696. The SMILES string of the molecule is Cc1c(C(=O)O)ccc([S+](C)[O-])c1Cl. The van der Waals surface area contributed by atoms with E-state index in [9.17, 15) is 9.35 Å². The minimum absolute atomic E-state index is 0.143. The molecule has 1 aromatic carbocycles. The Balaban J connectivity index is 3.33. The second-order valence-corrected chi connectivity index (χ2v) is 4.54. The Morgan fingerprint density at radius 2 is 2.14 bits per heavy atom. The van der Waals surface area contributed by atoms with Crippen molar-refractivity contribution >= 4 is 28.7 Å². The van der Waals surface area contributed by atoms with Crippen molar-refractivity contribution in [3.05, 3.63) is 28.3 Å². The van der Waals surface area contributed by atoms with E-state index < -0.39 is 17.1 Å². The number of carboxylic acid groups (broad SMARTS) is 1. The van der Waals surface area contributed by atoms with Crippen LogP contribution in [0.15, 0.2) is 17.0 Å². The lowest BCUT2D eigenvalue weighted by Crippen LogP contribution is -2.05. The fraction of sp³-hybridized carbons (Fsp3) is 0.222. The van der Waals surface area contributed by atoms with Crippen molar-refractivity contribution < 1.29 is 14.5 Å². The van der Waals surface area contributed by atoms with Crippen molar-refractivity contribution in [2.45, 2.75) is 11.8 Å². The Labute approximate surface area is 89.9 Å². The van der Waals surface area contributed by atoms with Crippen molar-refractivity contribution in [1.29, 1.82) is 0 Å². The van der Waals surface area contributed by atoms with E-state index in [4.69, 9.17) is 16.7 Å². The minimum atomic E-state index is -1.20. The Bertz CT molecular complexity index is 377. The van der Waals surface area contributed by atoms with Crippen molar-refractivity contribution in [2.24, 2.45) is 0 Å². The first-order chi connectivity index (χ1) is 6.45. The van der Waals surface area contributed by atoms with Gasteiger partial charge in [0, 0.05) is 0 Å². The van der Waals surface area contributed by atoms with E-state index in [1.165, 1.54) is 18.4 Å².